The summed E-state index contributed by atoms with van der Waals surface area (Å²) in [5.74, 6) is 0.555. The Morgan fingerprint density at radius 2 is 1.87 bits per heavy atom. The number of benzene rings is 1. The number of rotatable bonds is 6. The molecule has 0 saturated heterocycles. The standard InChI is InChI=1S/C16H22N2O4S/c1-5-18(11-16(3,4)19)23(20,21)14-8-6-13(7-9-14)15-10-22-12(2)17-15/h6-10,19H,5,11H2,1-4H3. The Hall–Kier alpha value is -1.70. The summed E-state index contributed by atoms with van der Waals surface area (Å²) < 4.78 is 31.8. The van der Waals surface area contributed by atoms with E-state index in [1.165, 1.54) is 10.6 Å². The molecular formula is C16H22N2O4S. The number of oxazole rings is 1. The Kier molecular flexibility index (Phi) is 4.93. The first-order chi connectivity index (χ1) is 10.6. The van der Waals surface area contributed by atoms with Crippen LogP contribution in [0.25, 0.3) is 11.3 Å². The van der Waals surface area contributed by atoms with E-state index >= 15 is 0 Å². The molecule has 0 atom stereocenters. The smallest absolute Gasteiger partial charge is 0.243 e. The minimum absolute atomic E-state index is 0.0378. The highest BCUT2D eigenvalue weighted by atomic mass is 32.2. The van der Waals surface area contributed by atoms with E-state index in [4.69, 9.17) is 4.42 Å². The monoisotopic (exact) mass is 338 g/mol. The van der Waals surface area contributed by atoms with Crippen LogP contribution in [0.4, 0.5) is 0 Å². The van der Waals surface area contributed by atoms with Crippen LogP contribution in [0, 0.1) is 6.92 Å². The number of aromatic nitrogens is 1. The fourth-order valence-corrected chi connectivity index (χ4v) is 3.85. The molecule has 1 aromatic heterocycles. The number of likely N-dealkylation sites (N-methyl/N-ethyl adjacent to an activating group) is 1. The van der Waals surface area contributed by atoms with E-state index in [1.807, 2.05) is 0 Å². The first-order valence-corrected chi connectivity index (χ1v) is 8.82. The summed E-state index contributed by atoms with van der Waals surface area (Å²) in [6.07, 6.45) is 1.53. The van der Waals surface area contributed by atoms with Crippen molar-refractivity contribution >= 4 is 10.0 Å². The van der Waals surface area contributed by atoms with Gasteiger partial charge in [0.15, 0.2) is 5.89 Å². The van der Waals surface area contributed by atoms with Crippen molar-refractivity contribution in [1.29, 1.82) is 0 Å². The van der Waals surface area contributed by atoms with E-state index in [9.17, 15) is 13.5 Å². The van der Waals surface area contributed by atoms with Crippen LogP contribution in [0.3, 0.4) is 0 Å². The molecule has 0 amide bonds. The highest BCUT2D eigenvalue weighted by Gasteiger charge is 2.28. The van der Waals surface area contributed by atoms with Gasteiger partial charge >= 0.3 is 0 Å². The summed E-state index contributed by atoms with van der Waals surface area (Å²) in [5.41, 5.74) is 0.350. The first kappa shape index (κ1) is 17.7. The molecule has 0 fully saturated rings. The Bertz CT molecular complexity index is 758. The molecule has 0 aliphatic carbocycles. The molecule has 0 radical (unpaired) electrons. The van der Waals surface area contributed by atoms with Crippen molar-refractivity contribution in [1.82, 2.24) is 9.29 Å². The van der Waals surface area contributed by atoms with Crippen LogP contribution in [0.15, 0.2) is 39.8 Å². The van der Waals surface area contributed by atoms with E-state index in [0.717, 1.165) is 5.56 Å². The molecule has 0 bridgehead atoms. The average Bonchev–Trinajstić information content (AvgIpc) is 2.90. The zero-order valence-corrected chi connectivity index (χ0v) is 14.6. The Balaban J connectivity index is 2.29. The first-order valence-electron chi connectivity index (χ1n) is 7.38. The molecule has 7 heteroatoms. The predicted octanol–water partition coefficient (Wildman–Crippen LogP) is 2.43. The van der Waals surface area contributed by atoms with Crippen LogP contribution in [0.5, 0.6) is 0 Å². The minimum atomic E-state index is -3.65. The predicted molar refractivity (Wildman–Crippen MR) is 87.4 cm³/mol. The second-order valence-corrected chi connectivity index (χ2v) is 7.96. The number of aliphatic hydroxyl groups is 1. The van der Waals surface area contributed by atoms with Gasteiger partial charge in [0, 0.05) is 25.6 Å². The number of nitrogens with zero attached hydrogens (tertiary/aromatic N) is 2. The van der Waals surface area contributed by atoms with E-state index in [2.05, 4.69) is 4.98 Å². The summed E-state index contributed by atoms with van der Waals surface area (Å²) in [7, 11) is -3.65. The van der Waals surface area contributed by atoms with Crippen molar-refractivity contribution in [2.45, 2.75) is 38.2 Å². The van der Waals surface area contributed by atoms with Crippen LogP contribution >= 0.6 is 0 Å². The highest BCUT2D eigenvalue weighted by Crippen LogP contribution is 2.23. The molecule has 0 spiro atoms. The number of hydrogen-bond acceptors (Lipinski definition) is 5. The third-order valence-corrected chi connectivity index (χ3v) is 5.26. The summed E-state index contributed by atoms with van der Waals surface area (Å²) in [6, 6.07) is 6.48. The van der Waals surface area contributed by atoms with Gasteiger partial charge in [0.25, 0.3) is 0 Å². The van der Waals surface area contributed by atoms with Crippen molar-refractivity contribution < 1.29 is 17.9 Å². The van der Waals surface area contributed by atoms with Crippen LogP contribution < -0.4 is 0 Å². The van der Waals surface area contributed by atoms with Crippen LogP contribution in [-0.4, -0.2) is 41.5 Å². The second kappa shape index (κ2) is 6.43. The zero-order chi connectivity index (χ0) is 17.3. The molecule has 0 aliphatic rings. The Morgan fingerprint density at radius 3 is 2.30 bits per heavy atom. The van der Waals surface area contributed by atoms with Gasteiger partial charge in [0.05, 0.1) is 10.5 Å². The van der Waals surface area contributed by atoms with Crippen molar-refractivity contribution in [3.05, 3.63) is 36.4 Å². The van der Waals surface area contributed by atoms with E-state index in [0.29, 0.717) is 11.6 Å². The molecule has 0 aliphatic heterocycles. The number of sulfonamides is 1. The SMILES string of the molecule is CCN(CC(C)(C)O)S(=O)(=O)c1ccc(-c2coc(C)n2)cc1. The minimum Gasteiger partial charge on any atom is -0.449 e. The normalized spacial score (nSPS) is 12.8. The van der Waals surface area contributed by atoms with Gasteiger partial charge in [0.1, 0.15) is 12.0 Å². The largest absolute Gasteiger partial charge is 0.449 e. The molecule has 0 saturated carbocycles. The topological polar surface area (TPSA) is 83.6 Å². The lowest BCUT2D eigenvalue weighted by atomic mass is 10.1. The van der Waals surface area contributed by atoms with Gasteiger partial charge in [-0.25, -0.2) is 13.4 Å². The van der Waals surface area contributed by atoms with Gasteiger partial charge in [-0.15, -0.1) is 0 Å². The maximum absolute atomic E-state index is 12.7. The van der Waals surface area contributed by atoms with Gasteiger partial charge in [-0.3, -0.25) is 0 Å². The lowest BCUT2D eigenvalue weighted by Crippen LogP contribution is -2.42. The van der Waals surface area contributed by atoms with E-state index in [1.54, 1.807) is 52.0 Å². The van der Waals surface area contributed by atoms with Gasteiger partial charge in [-0.1, -0.05) is 19.1 Å². The molecular weight excluding hydrogens is 316 g/mol. The highest BCUT2D eigenvalue weighted by molar-refractivity contribution is 7.89. The van der Waals surface area contributed by atoms with Gasteiger partial charge in [-0.2, -0.15) is 4.31 Å². The third kappa shape index (κ3) is 4.19. The van der Waals surface area contributed by atoms with Gasteiger partial charge < -0.3 is 9.52 Å². The third-order valence-electron chi connectivity index (χ3n) is 3.32. The lowest BCUT2D eigenvalue weighted by Gasteiger charge is -2.27. The Morgan fingerprint density at radius 1 is 1.26 bits per heavy atom. The zero-order valence-electron chi connectivity index (χ0n) is 13.8. The van der Waals surface area contributed by atoms with E-state index in [-0.39, 0.29) is 18.0 Å². The van der Waals surface area contributed by atoms with Crippen molar-refractivity contribution in [3.63, 3.8) is 0 Å². The molecule has 23 heavy (non-hydrogen) atoms. The lowest BCUT2D eigenvalue weighted by molar-refractivity contribution is 0.0601. The van der Waals surface area contributed by atoms with Crippen molar-refractivity contribution in [2.75, 3.05) is 13.1 Å². The quantitative estimate of drug-likeness (QED) is 0.874. The summed E-state index contributed by atoms with van der Waals surface area (Å²) in [6.45, 7) is 6.99. The maximum Gasteiger partial charge on any atom is 0.243 e. The van der Waals surface area contributed by atoms with Crippen LogP contribution in [-0.2, 0) is 10.0 Å². The molecule has 1 aromatic carbocycles. The maximum atomic E-state index is 12.7. The molecule has 1 N–H and O–H groups in total. The molecule has 0 unspecified atom stereocenters. The fourth-order valence-electron chi connectivity index (χ4n) is 2.24. The van der Waals surface area contributed by atoms with Gasteiger partial charge in [0.2, 0.25) is 10.0 Å². The molecule has 2 rings (SSSR count). The molecule has 2 aromatic rings. The van der Waals surface area contributed by atoms with Crippen molar-refractivity contribution in [3.8, 4) is 11.3 Å². The van der Waals surface area contributed by atoms with Crippen molar-refractivity contribution in [2.24, 2.45) is 0 Å². The van der Waals surface area contributed by atoms with Gasteiger partial charge in [-0.05, 0) is 26.0 Å². The number of hydrogen-bond donors (Lipinski definition) is 1. The molecule has 126 valence electrons. The average molecular weight is 338 g/mol. The molecule has 6 nitrogen and oxygen atoms in total. The fraction of sp³-hybridized carbons (Fsp3) is 0.438. The summed E-state index contributed by atoms with van der Waals surface area (Å²) >= 11 is 0. The summed E-state index contributed by atoms with van der Waals surface area (Å²) in [4.78, 5) is 4.40. The Labute approximate surface area is 136 Å². The molecule has 1 heterocycles. The second-order valence-electron chi connectivity index (χ2n) is 6.02. The number of aryl methyl sites for hydroxylation is 1. The van der Waals surface area contributed by atoms with Crippen LogP contribution in [0.2, 0.25) is 0 Å². The summed E-state index contributed by atoms with van der Waals surface area (Å²) in [5, 5.41) is 9.90. The van der Waals surface area contributed by atoms with Crippen LogP contribution in [0.1, 0.15) is 26.7 Å². The van der Waals surface area contributed by atoms with E-state index < -0.39 is 15.6 Å².